The van der Waals surface area contributed by atoms with Gasteiger partial charge in [0.15, 0.2) is 0 Å². The minimum atomic E-state index is 0.276. The molecule has 1 aliphatic heterocycles. The Labute approximate surface area is 144 Å². The number of hydrogen-bond acceptors (Lipinski definition) is 2. The smallest absolute Gasteiger partial charge is 0.225 e. The van der Waals surface area contributed by atoms with E-state index in [9.17, 15) is 4.79 Å². The fourth-order valence-electron chi connectivity index (χ4n) is 3.65. The molecule has 0 radical (unpaired) electrons. The number of likely N-dealkylation sites (tertiary alicyclic amines) is 1. The van der Waals surface area contributed by atoms with Crippen molar-refractivity contribution in [3.63, 3.8) is 0 Å². The maximum Gasteiger partial charge on any atom is 0.225 e. The number of halogens is 1. The van der Waals surface area contributed by atoms with Crippen molar-refractivity contribution in [2.24, 2.45) is 11.8 Å². The van der Waals surface area contributed by atoms with Crippen molar-refractivity contribution in [2.75, 3.05) is 13.1 Å². The minimum absolute atomic E-state index is 0.276. The first-order valence-electron chi connectivity index (χ1n) is 8.88. The highest BCUT2D eigenvalue weighted by Crippen LogP contribution is 2.33. The molecule has 2 fully saturated rings. The largest absolute Gasteiger partial charge is 0.342 e. The van der Waals surface area contributed by atoms with Gasteiger partial charge in [-0.25, -0.2) is 0 Å². The second-order valence-corrected chi connectivity index (χ2v) is 7.50. The van der Waals surface area contributed by atoms with Crippen molar-refractivity contribution in [1.29, 1.82) is 0 Å². The molecule has 23 heavy (non-hydrogen) atoms. The predicted octanol–water partition coefficient (Wildman–Crippen LogP) is 4.03. The van der Waals surface area contributed by atoms with Gasteiger partial charge in [0.2, 0.25) is 5.91 Å². The molecule has 1 saturated heterocycles. The highest BCUT2D eigenvalue weighted by atomic mass is 35.5. The molecule has 1 aromatic carbocycles. The molecule has 0 bridgehead atoms. The molecule has 4 heteroatoms. The van der Waals surface area contributed by atoms with Gasteiger partial charge in [-0.05, 0) is 49.8 Å². The summed E-state index contributed by atoms with van der Waals surface area (Å²) in [5.74, 6) is 1.26. The number of carbonyl (C=O) groups is 1. The van der Waals surface area contributed by atoms with Crippen LogP contribution in [0.15, 0.2) is 24.3 Å². The number of nitrogens with zero attached hydrogens (tertiary/aromatic N) is 1. The Morgan fingerprint density at radius 1 is 1.39 bits per heavy atom. The van der Waals surface area contributed by atoms with E-state index in [2.05, 4.69) is 30.1 Å². The fraction of sp³-hybridized carbons (Fsp3) is 0.632. The van der Waals surface area contributed by atoms with E-state index in [1.807, 2.05) is 18.2 Å². The molecule has 0 aromatic heterocycles. The summed E-state index contributed by atoms with van der Waals surface area (Å²) in [6.07, 6.45) is 4.34. The number of carbonyl (C=O) groups excluding carboxylic acids is 1. The molecular weight excluding hydrogens is 308 g/mol. The molecule has 2 aliphatic rings. The lowest BCUT2D eigenvalue weighted by atomic mass is 9.88. The summed E-state index contributed by atoms with van der Waals surface area (Å²) >= 11 is 6.11. The Morgan fingerprint density at radius 2 is 2.17 bits per heavy atom. The third kappa shape index (κ3) is 4.07. The average molecular weight is 335 g/mol. The minimum Gasteiger partial charge on any atom is -0.342 e. The molecule has 1 heterocycles. The van der Waals surface area contributed by atoms with Crippen molar-refractivity contribution in [1.82, 2.24) is 10.2 Å². The monoisotopic (exact) mass is 334 g/mol. The third-order valence-corrected chi connectivity index (χ3v) is 5.54. The number of hydrogen-bond donors (Lipinski definition) is 1. The Hall–Kier alpha value is -1.06. The molecule has 3 unspecified atom stereocenters. The van der Waals surface area contributed by atoms with Crippen molar-refractivity contribution in [2.45, 2.75) is 51.6 Å². The maximum absolute atomic E-state index is 12.3. The van der Waals surface area contributed by atoms with Gasteiger partial charge in [-0.3, -0.25) is 4.79 Å². The molecular formula is C19H27ClN2O. The number of nitrogens with one attached hydrogen (secondary N) is 1. The first-order valence-corrected chi connectivity index (χ1v) is 9.26. The molecule has 1 aromatic rings. The first kappa shape index (κ1) is 16.8. The molecule has 1 amide bonds. The van der Waals surface area contributed by atoms with Crippen LogP contribution in [0.5, 0.6) is 0 Å². The maximum atomic E-state index is 12.3. The van der Waals surface area contributed by atoms with Gasteiger partial charge in [0.05, 0.1) is 0 Å². The van der Waals surface area contributed by atoms with Crippen LogP contribution in [0.1, 0.15) is 51.1 Å². The summed E-state index contributed by atoms with van der Waals surface area (Å²) in [6, 6.07) is 8.82. The SMILES string of the molecule is CCC1CN(C(=O)C2CC2)CCC1NC(C)c1cccc(Cl)c1. The molecule has 0 spiro atoms. The topological polar surface area (TPSA) is 32.3 Å². The summed E-state index contributed by atoms with van der Waals surface area (Å²) in [5.41, 5.74) is 1.23. The quantitative estimate of drug-likeness (QED) is 0.881. The molecule has 3 nitrogen and oxygen atoms in total. The Morgan fingerprint density at radius 3 is 2.83 bits per heavy atom. The van der Waals surface area contributed by atoms with Gasteiger partial charge in [0.25, 0.3) is 0 Å². The van der Waals surface area contributed by atoms with Gasteiger partial charge in [-0.1, -0.05) is 37.1 Å². The highest BCUT2D eigenvalue weighted by Gasteiger charge is 2.37. The molecule has 3 rings (SSSR count). The van der Waals surface area contributed by atoms with E-state index < -0.39 is 0 Å². The van der Waals surface area contributed by atoms with Crippen LogP contribution in [0, 0.1) is 11.8 Å². The molecule has 1 N–H and O–H groups in total. The number of amides is 1. The fourth-order valence-corrected chi connectivity index (χ4v) is 3.85. The van der Waals surface area contributed by atoms with Crippen LogP contribution in [0.3, 0.4) is 0 Å². The zero-order valence-corrected chi connectivity index (χ0v) is 14.9. The van der Waals surface area contributed by atoms with E-state index >= 15 is 0 Å². The van der Waals surface area contributed by atoms with Crippen LogP contribution in [0.25, 0.3) is 0 Å². The van der Waals surface area contributed by atoms with Gasteiger partial charge in [-0.2, -0.15) is 0 Å². The molecule has 3 atom stereocenters. The zero-order chi connectivity index (χ0) is 16.4. The Kier molecular flexibility index (Phi) is 5.27. The molecule has 1 saturated carbocycles. The lowest BCUT2D eigenvalue weighted by Crippen LogP contribution is -2.51. The van der Waals surface area contributed by atoms with Crippen LogP contribution in [-0.4, -0.2) is 29.9 Å². The number of benzene rings is 1. The predicted molar refractivity (Wildman–Crippen MR) is 94.5 cm³/mol. The van der Waals surface area contributed by atoms with Crippen molar-refractivity contribution in [3.05, 3.63) is 34.9 Å². The van der Waals surface area contributed by atoms with E-state index in [1.54, 1.807) is 0 Å². The van der Waals surface area contributed by atoms with E-state index in [0.29, 0.717) is 23.8 Å². The summed E-state index contributed by atoms with van der Waals surface area (Å²) in [6.45, 7) is 6.23. The van der Waals surface area contributed by atoms with E-state index in [0.717, 1.165) is 43.8 Å². The van der Waals surface area contributed by atoms with Gasteiger partial charge in [0.1, 0.15) is 0 Å². The standard InChI is InChI=1S/C19H27ClN2O/c1-3-14-12-22(19(23)15-7-8-15)10-9-18(14)21-13(2)16-5-4-6-17(20)11-16/h4-6,11,13-15,18,21H,3,7-10,12H2,1-2H3. The summed E-state index contributed by atoms with van der Waals surface area (Å²) in [7, 11) is 0. The van der Waals surface area contributed by atoms with E-state index in [4.69, 9.17) is 11.6 Å². The van der Waals surface area contributed by atoms with Gasteiger partial charge >= 0.3 is 0 Å². The summed E-state index contributed by atoms with van der Waals surface area (Å²) < 4.78 is 0. The van der Waals surface area contributed by atoms with E-state index in [-0.39, 0.29) is 6.04 Å². The van der Waals surface area contributed by atoms with E-state index in [1.165, 1.54) is 5.56 Å². The van der Waals surface area contributed by atoms with Crippen molar-refractivity contribution < 1.29 is 4.79 Å². The second kappa shape index (κ2) is 7.23. The summed E-state index contributed by atoms with van der Waals surface area (Å²) in [4.78, 5) is 14.4. The number of piperidine rings is 1. The normalized spacial score (nSPS) is 26.1. The average Bonchev–Trinajstić information content (AvgIpc) is 3.39. The van der Waals surface area contributed by atoms with Crippen molar-refractivity contribution in [3.8, 4) is 0 Å². The van der Waals surface area contributed by atoms with Gasteiger partial charge in [-0.15, -0.1) is 0 Å². The van der Waals surface area contributed by atoms with Gasteiger partial charge < -0.3 is 10.2 Å². The second-order valence-electron chi connectivity index (χ2n) is 7.07. The van der Waals surface area contributed by atoms with Crippen LogP contribution < -0.4 is 5.32 Å². The third-order valence-electron chi connectivity index (χ3n) is 5.31. The summed E-state index contributed by atoms with van der Waals surface area (Å²) in [5, 5.41) is 4.56. The molecule has 126 valence electrons. The van der Waals surface area contributed by atoms with Crippen molar-refractivity contribution >= 4 is 17.5 Å². The Bertz CT molecular complexity index is 558. The first-order chi connectivity index (χ1) is 11.1. The van der Waals surface area contributed by atoms with Crippen LogP contribution >= 0.6 is 11.6 Å². The lowest BCUT2D eigenvalue weighted by Gasteiger charge is -2.40. The molecule has 1 aliphatic carbocycles. The van der Waals surface area contributed by atoms with Gasteiger partial charge in [0, 0.05) is 36.1 Å². The van der Waals surface area contributed by atoms with Crippen LogP contribution in [-0.2, 0) is 4.79 Å². The van der Waals surface area contributed by atoms with Crippen LogP contribution in [0.2, 0.25) is 5.02 Å². The highest BCUT2D eigenvalue weighted by molar-refractivity contribution is 6.30. The zero-order valence-electron chi connectivity index (χ0n) is 14.1. The lowest BCUT2D eigenvalue weighted by molar-refractivity contribution is -0.134. The Balaban J connectivity index is 1.60. The van der Waals surface area contributed by atoms with Crippen LogP contribution in [0.4, 0.5) is 0 Å². The number of rotatable bonds is 5.